The molecule has 0 N–H and O–H groups in total. The molecule has 5 atom stereocenters. The van der Waals surface area contributed by atoms with Gasteiger partial charge in [0.05, 0.1) is 5.52 Å². The van der Waals surface area contributed by atoms with Gasteiger partial charge in [0, 0.05) is 23.0 Å². The minimum absolute atomic E-state index is 0.667. The van der Waals surface area contributed by atoms with Crippen LogP contribution in [-0.4, -0.2) is 29.5 Å². The molecular weight excluding hydrogens is 292 g/mol. The van der Waals surface area contributed by atoms with Crippen molar-refractivity contribution in [3.63, 3.8) is 0 Å². The van der Waals surface area contributed by atoms with Gasteiger partial charge in [-0.1, -0.05) is 31.5 Å². The fourth-order valence-electron chi connectivity index (χ4n) is 6.29. The van der Waals surface area contributed by atoms with Gasteiger partial charge in [-0.25, -0.2) is 0 Å². The van der Waals surface area contributed by atoms with E-state index in [4.69, 9.17) is 4.98 Å². The van der Waals surface area contributed by atoms with Crippen molar-refractivity contribution in [3.05, 3.63) is 41.6 Å². The normalized spacial score (nSPS) is 35.5. The van der Waals surface area contributed by atoms with E-state index < -0.39 is 0 Å². The number of hydrogen-bond donors (Lipinski definition) is 0. The van der Waals surface area contributed by atoms with Crippen molar-refractivity contribution >= 4 is 10.9 Å². The molecule has 2 nitrogen and oxygen atoms in total. The van der Waals surface area contributed by atoms with E-state index in [2.05, 4.69) is 49.2 Å². The summed E-state index contributed by atoms with van der Waals surface area (Å²) in [5, 5.41) is 1.33. The number of rotatable bonds is 1. The van der Waals surface area contributed by atoms with Crippen molar-refractivity contribution in [3.8, 4) is 0 Å². The van der Waals surface area contributed by atoms with Crippen LogP contribution >= 0.6 is 0 Å². The number of benzene rings is 1. The lowest BCUT2D eigenvalue weighted by molar-refractivity contribution is 0.00557. The van der Waals surface area contributed by atoms with Gasteiger partial charge in [0.15, 0.2) is 0 Å². The molecule has 126 valence electrons. The Hall–Kier alpha value is -1.41. The molecule has 0 spiro atoms. The maximum absolute atomic E-state index is 5.21. The summed E-state index contributed by atoms with van der Waals surface area (Å²) in [6, 6.07) is 12.0. The zero-order chi connectivity index (χ0) is 16.3. The van der Waals surface area contributed by atoms with Crippen LogP contribution in [0.25, 0.3) is 10.9 Å². The van der Waals surface area contributed by atoms with Crippen LogP contribution in [0, 0.1) is 11.8 Å². The van der Waals surface area contributed by atoms with Crippen LogP contribution in [0.15, 0.2) is 30.3 Å². The Balaban J connectivity index is 1.72. The lowest BCUT2D eigenvalue weighted by Crippen LogP contribution is -2.54. The Kier molecular flexibility index (Phi) is 3.45. The van der Waals surface area contributed by atoms with Crippen LogP contribution in [0.5, 0.6) is 0 Å². The molecule has 24 heavy (non-hydrogen) atoms. The molecule has 2 fully saturated rings. The van der Waals surface area contributed by atoms with Gasteiger partial charge in [0.2, 0.25) is 0 Å². The van der Waals surface area contributed by atoms with Gasteiger partial charge in [0.1, 0.15) is 0 Å². The molecule has 2 heterocycles. The third-order valence-electron chi connectivity index (χ3n) is 7.29. The van der Waals surface area contributed by atoms with E-state index in [9.17, 15) is 0 Å². The highest BCUT2D eigenvalue weighted by molar-refractivity contribution is 5.80. The zero-order valence-corrected chi connectivity index (χ0v) is 14.9. The molecule has 0 unspecified atom stereocenters. The Morgan fingerprint density at radius 2 is 2.04 bits per heavy atom. The van der Waals surface area contributed by atoms with Crippen molar-refractivity contribution in [2.45, 2.75) is 56.9 Å². The maximum Gasteiger partial charge on any atom is 0.0705 e. The molecule has 1 aromatic heterocycles. The van der Waals surface area contributed by atoms with Crippen molar-refractivity contribution in [1.29, 1.82) is 0 Å². The third kappa shape index (κ3) is 2.02. The monoisotopic (exact) mass is 320 g/mol. The summed E-state index contributed by atoms with van der Waals surface area (Å²) in [6.45, 7) is 3.63. The predicted molar refractivity (Wildman–Crippen MR) is 99.4 cm³/mol. The third-order valence-corrected chi connectivity index (χ3v) is 7.29. The summed E-state index contributed by atoms with van der Waals surface area (Å²) >= 11 is 0. The van der Waals surface area contributed by atoms with Gasteiger partial charge in [-0.3, -0.25) is 4.98 Å². The van der Waals surface area contributed by atoms with Gasteiger partial charge in [-0.2, -0.15) is 0 Å². The molecular formula is C22H28N2. The zero-order valence-electron chi connectivity index (χ0n) is 14.9. The van der Waals surface area contributed by atoms with Crippen molar-refractivity contribution < 1.29 is 0 Å². The number of para-hydroxylation sites is 1. The van der Waals surface area contributed by atoms with Crippen molar-refractivity contribution in [2.75, 3.05) is 13.6 Å². The summed E-state index contributed by atoms with van der Waals surface area (Å²) in [7, 11) is 2.36. The first-order chi connectivity index (χ1) is 11.8. The molecule has 1 saturated carbocycles. The van der Waals surface area contributed by atoms with Crippen LogP contribution in [0.1, 0.15) is 62.1 Å². The predicted octanol–water partition coefficient (Wildman–Crippen LogP) is 4.95. The molecule has 1 aromatic carbocycles. The lowest BCUT2D eigenvalue weighted by atomic mass is 9.56. The fourth-order valence-corrected chi connectivity index (χ4v) is 6.29. The minimum atomic E-state index is 0.667. The molecule has 0 amide bonds. The van der Waals surface area contributed by atoms with Crippen LogP contribution < -0.4 is 0 Å². The topological polar surface area (TPSA) is 16.1 Å². The minimum Gasteiger partial charge on any atom is -0.303 e. The summed E-state index contributed by atoms with van der Waals surface area (Å²) in [5.74, 6) is 3.12. The standard InChI is InChI=1S/C22H28N2/c1-3-15-16-8-6-10-20-21(16)17(11-12-24(20)2)18-13-14-7-4-5-9-19(14)23-22(15)18/h4-5,7,9,13,15-17,20-21H,3,6,8,10-12H2,1-2H3/t15-,16-,17+,20-,21+/m0/s1. The van der Waals surface area contributed by atoms with Crippen LogP contribution in [0.3, 0.4) is 0 Å². The quantitative estimate of drug-likeness (QED) is 0.739. The lowest BCUT2D eigenvalue weighted by Gasteiger charge is -2.55. The highest BCUT2D eigenvalue weighted by Crippen LogP contribution is 2.56. The first-order valence-corrected chi connectivity index (χ1v) is 9.87. The van der Waals surface area contributed by atoms with Crippen LogP contribution in [0.2, 0.25) is 0 Å². The largest absolute Gasteiger partial charge is 0.303 e. The van der Waals surface area contributed by atoms with Gasteiger partial charge < -0.3 is 4.90 Å². The van der Waals surface area contributed by atoms with Gasteiger partial charge in [-0.05, 0) is 74.7 Å². The second-order valence-electron chi connectivity index (χ2n) is 8.29. The number of fused-ring (bicyclic) bond motifs is 3. The maximum atomic E-state index is 5.21. The molecule has 2 heteroatoms. The van der Waals surface area contributed by atoms with Gasteiger partial charge >= 0.3 is 0 Å². The molecule has 3 aliphatic rings. The average molecular weight is 320 g/mol. The van der Waals surface area contributed by atoms with E-state index in [1.54, 1.807) is 5.56 Å². The van der Waals surface area contributed by atoms with Crippen LogP contribution in [-0.2, 0) is 0 Å². The van der Waals surface area contributed by atoms with E-state index in [1.807, 2.05) is 0 Å². The Bertz CT molecular complexity index is 768. The summed E-state index contributed by atoms with van der Waals surface area (Å²) in [4.78, 5) is 7.88. The van der Waals surface area contributed by atoms with Gasteiger partial charge in [-0.15, -0.1) is 0 Å². The first kappa shape index (κ1) is 14.9. The van der Waals surface area contributed by atoms with Crippen molar-refractivity contribution in [1.82, 2.24) is 9.88 Å². The Morgan fingerprint density at radius 3 is 2.92 bits per heavy atom. The highest BCUT2D eigenvalue weighted by atomic mass is 15.1. The van der Waals surface area contributed by atoms with Crippen molar-refractivity contribution in [2.24, 2.45) is 11.8 Å². The summed E-state index contributed by atoms with van der Waals surface area (Å²) in [5.41, 5.74) is 4.24. The van der Waals surface area contributed by atoms with Gasteiger partial charge in [0.25, 0.3) is 0 Å². The number of pyridine rings is 1. The SMILES string of the molecule is CC[C@@H]1c2nc3ccccc3cc2[C@H]2CCN(C)[C@H]3CCC[C@@H]1[C@H]23. The smallest absolute Gasteiger partial charge is 0.0705 e. The van der Waals surface area contributed by atoms with E-state index in [-0.39, 0.29) is 0 Å². The highest BCUT2D eigenvalue weighted by Gasteiger charge is 2.50. The molecule has 2 aliphatic carbocycles. The van der Waals surface area contributed by atoms with E-state index in [0.717, 1.165) is 23.8 Å². The van der Waals surface area contributed by atoms with Crippen LogP contribution in [0.4, 0.5) is 0 Å². The number of piperidine rings is 1. The molecule has 0 radical (unpaired) electrons. The molecule has 0 bridgehead atoms. The Morgan fingerprint density at radius 1 is 1.17 bits per heavy atom. The average Bonchev–Trinajstić information content (AvgIpc) is 2.62. The second-order valence-corrected chi connectivity index (χ2v) is 8.29. The number of likely N-dealkylation sites (tertiary alicyclic amines) is 1. The molecule has 5 rings (SSSR count). The molecule has 1 aliphatic heterocycles. The molecule has 1 saturated heterocycles. The Labute approximate surface area is 145 Å². The number of aromatic nitrogens is 1. The molecule has 2 aromatic rings. The second kappa shape index (κ2) is 5.56. The van der Waals surface area contributed by atoms with E-state index in [1.165, 1.54) is 55.2 Å². The summed E-state index contributed by atoms with van der Waals surface area (Å²) < 4.78 is 0. The fraction of sp³-hybridized carbons (Fsp3) is 0.591. The van der Waals surface area contributed by atoms with E-state index >= 15 is 0 Å². The summed E-state index contributed by atoms with van der Waals surface area (Å²) in [6.07, 6.45) is 6.78. The number of nitrogens with zero attached hydrogens (tertiary/aromatic N) is 2. The number of hydrogen-bond acceptors (Lipinski definition) is 2. The van der Waals surface area contributed by atoms with E-state index in [0.29, 0.717) is 5.92 Å². The first-order valence-electron chi connectivity index (χ1n) is 9.87.